The molecule has 62 valence electrons. The average Bonchev–Trinajstić information content (AvgIpc) is 2.08. The summed E-state index contributed by atoms with van der Waals surface area (Å²) in [5.41, 5.74) is 6.78. The van der Waals surface area contributed by atoms with Gasteiger partial charge in [-0.05, 0) is 11.8 Å². The van der Waals surface area contributed by atoms with E-state index in [9.17, 15) is 0 Å². The Bertz CT molecular complexity index is 92.3. The molecule has 1 heterocycles. The molecule has 3 heteroatoms. The van der Waals surface area contributed by atoms with Crippen LogP contribution in [0.1, 0.15) is 27.2 Å². The zero-order chi connectivity index (χ0) is 6.91. The second-order valence-corrected chi connectivity index (χ2v) is 3.78. The molecule has 2 N–H and O–H groups in total. The summed E-state index contributed by atoms with van der Waals surface area (Å²) < 4.78 is 0. The Hall–Kier alpha value is 0.210. The summed E-state index contributed by atoms with van der Waals surface area (Å²) in [6, 6.07) is 0.650. The van der Waals surface area contributed by atoms with Gasteiger partial charge in [-0.2, -0.15) is 0 Å². The maximum atomic E-state index is 3.25. The lowest BCUT2D eigenvalue weighted by atomic mass is 9.86. The summed E-state index contributed by atoms with van der Waals surface area (Å²) in [5.74, 6) is 0. The molecule has 0 aromatic heterocycles. The SMILES string of the molecule is CC(C)(C)C1CCNN1.Cl. The molecule has 1 fully saturated rings. The highest BCUT2D eigenvalue weighted by molar-refractivity contribution is 5.85. The van der Waals surface area contributed by atoms with E-state index in [1.54, 1.807) is 0 Å². The lowest BCUT2D eigenvalue weighted by molar-refractivity contribution is 0.286. The van der Waals surface area contributed by atoms with Crippen LogP contribution in [0.5, 0.6) is 0 Å². The van der Waals surface area contributed by atoms with Gasteiger partial charge in [-0.15, -0.1) is 12.4 Å². The van der Waals surface area contributed by atoms with Crippen molar-refractivity contribution in [1.82, 2.24) is 10.9 Å². The zero-order valence-electron chi connectivity index (χ0n) is 6.90. The Morgan fingerprint density at radius 3 is 2.10 bits per heavy atom. The van der Waals surface area contributed by atoms with Gasteiger partial charge in [0.2, 0.25) is 0 Å². The third-order valence-electron chi connectivity index (χ3n) is 1.88. The predicted molar refractivity (Wildman–Crippen MR) is 46.2 cm³/mol. The molecule has 1 unspecified atom stereocenters. The van der Waals surface area contributed by atoms with Gasteiger partial charge in [-0.25, -0.2) is 0 Å². The molecule has 0 saturated carbocycles. The molecule has 1 aliphatic rings. The number of nitrogens with one attached hydrogen (secondary N) is 2. The van der Waals surface area contributed by atoms with Crippen LogP contribution in [-0.2, 0) is 0 Å². The number of hydrazine groups is 1. The van der Waals surface area contributed by atoms with Crippen LogP contribution in [-0.4, -0.2) is 12.6 Å². The summed E-state index contributed by atoms with van der Waals surface area (Å²) >= 11 is 0. The van der Waals surface area contributed by atoms with E-state index in [-0.39, 0.29) is 12.4 Å². The van der Waals surface area contributed by atoms with Crippen LogP contribution in [0.2, 0.25) is 0 Å². The first-order valence-corrected chi connectivity index (χ1v) is 3.59. The summed E-state index contributed by atoms with van der Waals surface area (Å²) in [5, 5.41) is 0. The highest BCUT2D eigenvalue weighted by Gasteiger charge is 2.26. The van der Waals surface area contributed by atoms with Crippen molar-refractivity contribution in [3.8, 4) is 0 Å². The van der Waals surface area contributed by atoms with Gasteiger partial charge < -0.3 is 0 Å². The maximum absolute atomic E-state index is 3.25. The molecule has 0 aliphatic carbocycles. The Kier molecular flexibility index (Phi) is 3.63. The smallest absolute Gasteiger partial charge is 0.0273 e. The molecule has 2 nitrogen and oxygen atoms in total. The summed E-state index contributed by atoms with van der Waals surface area (Å²) in [6.07, 6.45) is 1.25. The Balaban J connectivity index is 0.000000810. The number of hydrogen-bond acceptors (Lipinski definition) is 2. The first-order valence-electron chi connectivity index (χ1n) is 3.59. The highest BCUT2D eigenvalue weighted by atomic mass is 35.5. The molecule has 1 saturated heterocycles. The molecule has 0 spiro atoms. The third-order valence-corrected chi connectivity index (χ3v) is 1.88. The second-order valence-electron chi connectivity index (χ2n) is 3.78. The van der Waals surface area contributed by atoms with Crippen molar-refractivity contribution in [3.05, 3.63) is 0 Å². The van der Waals surface area contributed by atoms with Crippen LogP contribution in [0.25, 0.3) is 0 Å². The van der Waals surface area contributed by atoms with E-state index in [2.05, 4.69) is 31.6 Å². The fourth-order valence-corrected chi connectivity index (χ4v) is 1.13. The monoisotopic (exact) mass is 164 g/mol. The van der Waals surface area contributed by atoms with Gasteiger partial charge in [0.15, 0.2) is 0 Å². The molecule has 0 amide bonds. The molecule has 0 aromatic carbocycles. The third kappa shape index (κ3) is 2.45. The van der Waals surface area contributed by atoms with Crippen molar-refractivity contribution in [1.29, 1.82) is 0 Å². The Labute approximate surface area is 69.1 Å². The van der Waals surface area contributed by atoms with Crippen molar-refractivity contribution < 1.29 is 0 Å². The predicted octanol–water partition coefficient (Wildman–Crippen LogP) is 1.32. The van der Waals surface area contributed by atoms with Gasteiger partial charge in [0.25, 0.3) is 0 Å². The lowest BCUT2D eigenvalue weighted by Gasteiger charge is -2.25. The first kappa shape index (κ1) is 10.2. The minimum Gasteiger partial charge on any atom is -0.258 e. The Morgan fingerprint density at radius 2 is 1.90 bits per heavy atom. The van der Waals surface area contributed by atoms with Gasteiger partial charge in [0.1, 0.15) is 0 Å². The van der Waals surface area contributed by atoms with Crippen molar-refractivity contribution in [3.63, 3.8) is 0 Å². The second kappa shape index (κ2) is 3.56. The number of hydrogen-bond donors (Lipinski definition) is 2. The molecule has 1 aliphatic heterocycles. The molecule has 10 heavy (non-hydrogen) atoms. The van der Waals surface area contributed by atoms with Crippen LogP contribution in [0.4, 0.5) is 0 Å². The zero-order valence-corrected chi connectivity index (χ0v) is 7.72. The van der Waals surface area contributed by atoms with Gasteiger partial charge in [-0.3, -0.25) is 10.9 Å². The minimum atomic E-state index is 0. The van der Waals surface area contributed by atoms with Crippen LogP contribution in [0.3, 0.4) is 0 Å². The molecule has 0 bridgehead atoms. The molecule has 1 rings (SSSR count). The Morgan fingerprint density at radius 1 is 1.30 bits per heavy atom. The van der Waals surface area contributed by atoms with Crippen molar-refractivity contribution >= 4 is 12.4 Å². The van der Waals surface area contributed by atoms with Crippen molar-refractivity contribution in [2.45, 2.75) is 33.2 Å². The van der Waals surface area contributed by atoms with Crippen molar-refractivity contribution in [2.75, 3.05) is 6.54 Å². The summed E-state index contributed by atoms with van der Waals surface area (Å²) in [7, 11) is 0. The summed E-state index contributed by atoms with van der Waals surface area (Å²) in [4.78, 5) is 0. The van der Waals surface area contributed by atoms with E-state index in [1.165, 1.54) is 6.42 Å². The first-order chi connectivity index (χ1) is 4.11. The molecule has 1 atom stereocenters. The number of rotatable bonds is 0. The number of halogens is 1. The van der Waals surface area contributed by atoms with Gasteiger partial charge in [0.05, 0.1) is 0 Å². The standard InChI is InChI=1S/C7H16N2.ClH/c1-7(2,3)6-4-5-8-9-6;/h6,8-9H,4-5H2,1-3H3;1H. The quantitative estimate of drug-likeness (QED) is 0.565. The molecule has 0 radical (unpaired) electrons. The van der Waals surface area contributed by atoms with E-state index in [0.717, 1.165) is 6.54 Å². The van der Waals surface area contributed by atoms with Crippen LogP contribution in [0, 0.1) is 5.41 Å². The van der Waals surface area contributed by atoms with Gasteiger partial charge >= 0.3 is 0 Å². The fraction of sp³-hybridized carbons (Fsp3) is 1.00. The van der Waals surface area contributed by atoms with E-state index >= 15 is 0 Å². The molecule has 0 aromatic rings. The van der Waals surface area contributed by atoms with Crippen molar-refractivity contribution in [2.24, 2.45) is 5.41 Å². The molecular weight excluding hydrogens is 148 g/mol. The minimum absolute atomic E-state index is 0. The van der Waals surface area contributed by atoms with Crippen LogP contribution in [0.15, 0.2) is 0 Å². The van der Waals surface area contributed by atoms with Gasteiger partial charge in [-0.1, -0.05) is 20.8 Å². The maximum Gasteiger partial charge on any atom is 0.0273 e. The highest BCUT2D eigenvalue weighted by Crippen LogP contribution is 2.22. The van der Waals surface area contributed by atoms with E-state index in [0.29, 0.717) is 11.5 Å². The van der Waals surface area contributed by atoms with E-state index < -0.39 is 0 Å². The van der Waals surface area contributed by atoms with E-state index in [4.69, 9.17) is 0 Å². The van der Waals surface area contributed by atoms with Crippen LogP contribution >= 0.6 is 12.4 Å². The normalized spacial score (nSPS) is 26.1. The average molecular weight is 165 g/mol. The lowest BCUT2D eigenvalue weighted by Crippen LogP contribution is -2.39. The fourth-order valence-electron chi connectivity index (χ4n) is 1.13. The van der Waals surface area contributed by atoms with Crippen LogP contribution < -0.4 is 10.9 Å². The largest absolute Gasteiger partial charge is 0.258 e. The molecular formula is C7H17ClN2. The van der Waals surface area contributed by atoms with E-state index in [1.807, 2.05) is 0 Å². The van der Waals surface area contributed by atoms with Gasteiger partial charge in [0, 0.05) is 12.6 Å². The summed E-state index contributed by atoms with van der Waals surface area (Å²) in [6.45, 7) is 7.90. The topological polar surface area (TPSA) is 24.1 Å².